The Labute approximate surface area is 165 Å². The zero-order chi connectivity index (χ0) is 18.6. The highest BCUT2D eigenvalue weighted by molar-refractivity contribution is 7.98. The fourth-order valence-electron chi connectivity index (χ4n) is 2.85. The van der Waals surface area contributed by atoms with Gasteiger partial charge in [-0.3, -0.25) is 0 Å². The zero-order valence-corrected chi connectivity index (χ0v) is 16.3. The van der Waals surface area contributed by atoms with E-state index in [1.54, 1.807) is 41.6 Å². The van der Waals surface area contributed by atoms with Gasteiger partial charge in [0, 0.05) is 16.7 Å². The van der Waals surface area contributed by atoms with E-state index in [4.69, 9.17) is 4.74 Å². The molecule has 0 aliphatic carbocycles. The monoisotopic (exact) mass is 396 g/mol. The van der Waals surface area contributed by atoms with Gasteiger partial charge in [-0.2, -0.15) is 0 Å². The number of thioether (sulfide) groups is 1. The van der Waals surface area contributed by atoms with Crippen LogP contribution in [-0.4, -0.2) is 16.6 Å². The fourth-order valence-corrected chi connectivity index (χ4v) is 4.78. The molecule has 4 aromatic rings. The lowest BCUT2D eigenvalue weighted by Gasteiger charge is -2.07. The third kappa shape index (κ3) is 3.96. The molecule has 0 atom stereocenters. The predicted molar refractivity (Wildman–Crippen MR) is 110 cm³/mol. The topological polar surface area (TPSA) is 35.0 Å². The summed E-state index contributed by atoms with van der Waals surface area (Å²) in [6.45, 7) is 2.62. The van der Waals surface area contributed by atoms with Crippen molar-refractivity contribution in [1.29, 1.82) is 0 Å². The van der Waals surface area contributed by atoms with Crippen molar-refractivity contribution in [2.45, 2.75) is 17.7 Å². The molecule has 2 aromatic carbocycles. The first kappa shape index (κ1) is 17.9. The normalized spacial score (nSPS) is 11.0. The highest BCUT2D eigenvalue weighted by Crippen LogP contribution is 2.39. The number of aromatic nitrogens is 2. The molecular formula is C21H17FN2OS2. The van der Waals surface area contributed by atoms with Crippen molar-refractivity contribution in [2.75, 3.05) is 6.61 Å². The first-order valence-electron chi connectivity index (χ1n) is 8.57. The lowest BCUT2D eigenvalue weighted by atomic mass is 10.1. The molecule has 0 radical (unpaired) electrons. The van der Waals surface area contributed by atoms with Gasteiger partial charge in [0.1, 0.15) is 27.8 Å². The molecule has 3 nitrogen and oxygen atoms in total. The van der Waals surface area contributed by atoms with Crippen molar-refractivity contribution < 1.29 is 9.13 Å². The van der Waals surface area contributed by atoms with Crippen LogP contribution in [0.15, 0.2) is 65.3 Å². The standard InChI is InChI=1S/C21H17FN2OS2/c1-2-25-17-8-6-15(7-9-17)18-12-27-21-19(18)20(23-13-24-21)26-11-14-4-3-5-16(22)10-14/h3-10,12-13H,2,11H2,1H3. The minimum Gasteiger partial charge on any atom is -0.494 e. The van der Waals surface area contributed by atoms with E-state index in [-0.39, 0.29) is 5.82 Å². The molecular weight excluding hydrogens is 379 g/mol. The second kappa shape index (κ2) is 8.06. The van der Waals surface area contributed by atoms with E-state index in [1.165, 1.54) is 6.07 Å². The van der Waals surface area contributed by atoms with Crippen molar-refractivity contribution in [3.8, 4) is 16.9 Å². The molecule has 0 aliphatic heterocycles. The Hall–Kier alpha value is -2.44. The molecule has 27 heavy (non-hydrogen) atoms. The summed E-state index contributed by atoms with van der Waals surface area (Å²) in [5.41, 5.74) is 3.15. The smallest absolute Gasteiger partial charge is 0.128 e. The number of thiophene rings is 1. The Kier molecular flexibility index (Phi) is 5.36. The Bertz CT molecular complexity index is 1060. The number of hydrogen-bond donors (Lipinski definition) is 0. The van der Waals surface area contributed by atoms with Crippen LogP contribution in [-0.2, 0) is 5.75 Å². The van der Waals surface area contributed by atoms with Crippen LogP contribution in [0, 0.1) is 5.82 Å². The first-order chi connectivity index (χ1) is 13.2. The van der Waals surface area contributed by atoms with E-state index in [0.717, 1.165) is 37.7 Å². The summed E-state index contributed by atoms with van der Waals surface area (Å²) in [5.74, 6) is 1.30. The number of fused-ring (bicyclic) bond motifs is 1. The third-order valence-corrected chi connectivity index (χ3v) is 6.02. The molecule has 6 heteroatoms. The van der Waals surface area contributed by atoms with Crippen molar-refractivity contribution in [3.63, 3.8) is 0 Å². The number of hydrogen-bond acceptors (Lipinski definition) is 5. The Morgan fingerprint density at radius 3 is 2.74 bits per heavy atom. The van der Waals surface area contributed by atoms with E-state index in [9.17, 15) is 4.39 Å². The number of rotatable bonds is 6. The second-order valence-corrected chi connectivity index (χ2v) is 7.71. The summed E-state index contributed by atoms with van der Waals surface area (Å²) in [7, 11) is 0. The lowest BCUT2D eigenvalue weighted by molar-refractivity contribution is 0.340. The second-order valence-electron chi connectivity index (χ2n) is 5.88. The van der Waals surface area contributed by atoms with Gasteiger partial charge < -0.3 is 4.74 Å². The quantitative estimate of drug-likeness (QED) is 0.288. The van der Waals surface area contributed by atoms with Crippen LogP contribution in [0.25, 0.3) is 21.3 Å². The van der Waals surface area contributed by atoms with Crippen LogP contribution in [0.4, 0.5) is 4.39 Å². The molecule has 0 saturated carbocycles. The fraction of sp³-hybridized carbons (Fsp3) is 0.143. The van der Waals surface area contributed by atoms with Gasteiger partial charge in [-0.15, -0.1) is 23.1 Å². The molecule has 0 fully saturated rings. The molecule has 2 aromatic heterocycles. The predicted octanol–water partition coefficient (Wildman–Crippen LogP) is 6.19. The molecule has 0 aliphatic rings. The molecule has 0 saturated heterocycles. The van der Waals surface area contributed by atoms with Crippen LogP contribution < -0.4 is 4.74 Å². The summed E-state index contributed by atoms with van der Waals surface area (Å²) in [5, 5.41) is 4.07. The van der Waals surface area contributed by atoms with Crippen molar-refractivity contribution >= 4 is 33.3 Å². The van der Waals surface area contributed by atoms with E-state index in [1.807, 2.05) is 25.1 Å². The van der Waals surface area contributed by atoms with Gasteiger partial charge in [0.05, 0.1) is 12.0 Å². The van der Waals surface area contributed by atoms with Crippen LogP contribution >= 0.6 is 23.1 Å². The Morgan fingerprint density at radius 1 is 1.11 bits per heavy atom. The largest absolute Gasteiger partial charge is 0.494 e. The maximum absolute atomic E-state index is 13.4. The highest BCUT2D eigenvalue weighted by Gasteiger charge is 2.14. The average molecular weight is 397 g/mol. The number of ether oxygens (including phenoxy) is 1. The summed E-state index contributed by atoms with van der Waals surface area (Å²) < 4.78 is 19.0. The van der Waals surface area contributed by atoms with Crippen LogP contribution in [0.3, 0.4) is 0 Å². The molecule has 0 bridgehead atoms. The number of benzene rings is 2. The van der Waals surface area contributed by atoms with Crippen molar-refractivity contribution in [1.82, 2.24) is 9.97 Å². The molecule has 136 valence electrons. The van der Waals surface area contributed by atoms with E-state index in [0.29, 0.717) is 12.4 Å². The van der Waals surface area contributed by atoms with E-state index >= 15 is 0 Å². The van der Waals surface area contributed by atoms with Crippen LogP contribution in [0.1, 0.15) is 12.5 Å². The maximum Gasteiger partial charge on any atom is 0.128 e. The molecule has 0 spiro atoms. The van der Waals surface area contributed by atoms with Crippen LogP contribution in [0.5, 0.6) is 5.75 Å². The summed E-state index contributed by atoms with van der Waals surface area (Å²) in [6, 6.07) is 14.7. The van der Waals surface area contributed by atoms with E-state index in [2.05, 4.69) is 27.5 Å². The maximum atomic E-state index is 13.4. The van der Waals surface area contributed by atoms with Gasteiger partial charge in [-0.25, -0.2) is 14.4 Å². The lowest BCUT2D eigenvalue weighted by Crippen LogP contribution is -1.91. The number of halogens is 1. The first-order valence-corrected chi connectivity index (χ1v) is 10.4. The highest BCUT2D eigenvalue weighted by atomic mass is 32.2. The molecule has 0 unspecified atom stereocenters. The molecule has 4 rings (SSSR count). The molecule has 0 N–H and O–H groups in total. The number of nitrogens with zero attached hydrogens (tertiary/aromatic N) is 2. The Balaban J connectivity index is 1.66. The van der Waals surface area contributed by atoms with Gasteiger partial charge in [-0.05, 0) is 42.3 Å². The minimum atomic E-state index is -0.216. The van der Waals surface area contributed by atoms with Crippen molar-refractivity contribution in [2.24, 2.45) is 0 Å². The summed E-state index contributed by atoms with van der Waals surface area (Å²) >= 11 is 3.21. The van der Waals surface area contributed by atoms with Gasteiger partial charge >= 0.3 is 0 Å². The van der Waals surface area contributed by atoms with Crippen LogP contribution in [0.2, 0.25) is 0 Å². The van der Waals surface area contributed by atoms with Gasteiger partial charge in [0.25, 0.3) is 0 Å². The minimum absolute atomic E-state index is 0.216. The summed E-state index contributed by atoms with van der Waals surface area (Å²) in [6.07, 6.45) is 1.59. The Morgan fingerprint density at radius 2 is 1.96 bits per heavy atom. The summed E-state index contributed by atoms with van der Waals surface area (Å²) in [4.78, 5) is 9.86. The average Bonchev–Trinajstić information content (AvgIpc) is 3.12. The SMILES string of the molecule is CCOc1ccc(-c2csc3ncnc(SCc4cccc(F)c4)c23)cc1. The van der Waals surface area contributed by atoms with Gasteiger partial charge in [0.2, 0.25) is 0 Å². The van der Waals surface area contributed by atoms with Gasteiger partial charge in [-0.1, -0.05) is 24.3 Å². The van der Waals surface area contributed by atoms with Crippen molar-refractivity contribution in [3.05, 3.63) is 71.6 Å². The zero-order valence-electron chi connectivity index (χ0n) is 14.7. The molecule has 2 heterocycles. The molecule has 0 amide bonds. The van der Waals surface area contributed by atoms with Gasteiger partial charge in [0.15, 0.2) is 0 Å². The van der Waals surface area contributed by atoms with E-state index < -0.39 is 0 Å². The third-order valence-electron chi connectivity index (χ3n) is 4.08.